The Morgan fingerprint density at radius 1 is 1.29 bits per heavy atom. The van der Waals surface area contributed by atoms with Gasteiger partial charge in [-0.15, -0.1) is 11.3 Å². The summed E-state index contributed by atoms with van der Waals surface area (Å²) in [6.07, 6.45) is 4.76. The van der Waals surface area contributed by atoms with Gasteiger partial charge in [-0.05, 0) is 36.4 Å². The molecule has 0 saturated carbocycles. The van der Waals surface area contributed by atoms with Crippen LogP contribution in [0.15, 0.2) is 58.7 Å². The van der Waals surface area contributed by atoms with Crippen molar-refractivity contribution in [2.45, 2.75) is 26.3 Å². The third kappa shape index (κ3) is 3.84. The molecule has 0 radical (unpaired) electrons. The maximum atomic E-state index is 13.2. The molecule has 0 aliphatic carbocycles. The Bertz CT molecular complexity index is 1070. The molecule has 0 atom stereocenters. The molecule has 0 unspecified atom stereocenters. The molecule has 3 heterocycles. The molecule has 0 saturated heterocycles. The van der Waals surface area contributed by atoms with Crippen molar-refractivity contribution in [1.82, 2.24) is 14.3 Å². The monoisotopic (exact) mass is 397 g/mol. The molecule has 0 spiro atoms. The molecule has 5 nitrogen and oxygen atoms in total. The van der Waals surface area contributed by atoms with Gasteiger partial charge in [0, 0.05) is 42.2 Å². The zero-order chi connectivity index (χ0) is 19.5. The molecule has 7 heteroatoms. The number of amides is 1. The number of carbonyl (C=O) groups excluding carboxylic acids is 1. The second kappa shape index (κ2) is 7.98. The minimum absolute atomic E-state index is 0.0977. The number of aromatic nitrogens is 2. The fourth-order valence-corrected chi connectivity index (χ4v) is 4.03. The summed E-state index contributed by atoms with van der Waals surface area (Å²) in [7, 11) is 0. The van der Waals surface area contributed by atoms with Crippen LogP contribution in [-0.2, 0) is 17.8 Å². The first-order chi connectivity index (χ1) is 13.6. The summed E-state index contributed by atoms with van der Waals surface area (Å²) in [4.78, 5) is 19.7. The van der Waals surface area contributed by atoms with Crippen molar-refractivity contribution in [3.8, 4) is 11.3 Å². The van der Waals surface area contributed by atoms with E-state index in [2.05, 4.69) is 10.4 Å². The summed E-state index contributed by atoms with van der Waals surface area (Å²) in [5, 5.41) is 2.07. The van der Waals surface area contributed by atoms with E-state index < -0.39 is 0 Å². The number of hydrogen-bond donors (Lipinski definition) is 0. The van der Waals surface area contributed by atoms with Crippen LogP contribution in [0.3, 0.4) is 0 Å². The van der Waals surface area contributed by atoms with E-state index in [0.29, 0.717) is 25.9 Å². The number of benzene rings is 1. The summed E-state index contributed by atoms with van der Waals surface area (Å²) < 4.78 is 20.6. The van der Waals surface area contributed by atoms with Crippen molar-refractivity contribution in [1.29, 1.82) is 0 Å². The van der Waals surface area contributed by atoms with Gasteiger partial charge in [0.2, 0.25) is 5.91 Å². The summed E-state index contributed by atoms with van der Waals surface area (Å²) in [6.45, 7) is 2.94. The fraction of sp³-hybridized carbons (Fsp3) is 0.238. The van der Waals surface area contributed by atoms with E-state index >= 15 is 0 Å². The summed E-state index contributed by atoms with van der Waals surface area (Å²) in [6, 6.07) is 10.0. The Morgan fingerprint density at radius 3 is 2.82 bits per heavy atom. The lowest BCUT2D eigenvalue weighted by atomic mass is 10.2. The number of nitrogens with zero attached hydrogens (tertiary/aromatic N) is 3. The van der Waals surface area contributed by atoms with Gasteiger partial charge in [-0.2, -0.15) is 0 Å². The molecular weight excluding hydrogens is 377 g/mol. The predicted octanol–water partition coefficient (Wildman–Crippen LogP) is 4.78. The van der Waals surface area contributed by atoms with E-state index in [1.54, 1.807) is 29.7 Å². The molecule has 1 aromatic carbocycles. The molecule has 28 heavy (non-hydrogen) atoms. The Labute approximate surface area is 166 Å². The van der Waals surface area contributed by atoms with Crippen LogP contribution in [0.2, 0.25) is 0 Å². The first kappa shape index (κ1) is 18.4. The SMILES string of the molecule is CCC(=O)N(CCc1csc2nc(-c3ccc(F)cc3)cn12)Cc1ccco1. The lowest BCUT2D eigenvalue weighted by molar-refractivity contribution is -0.131. The number of fused-ring (bicyclic) bond motifs is 1. The Morgan fingerprint density at radius 2 is 2.11 bits per heavy atom. The van der Waals surface area contributed by atoms with Crippen molar-refractivity contribution in [3.05, 3.63) is 71.5 Å². The Balaban J connectivity index is 1.52. The molecule has 0 aliphatic heterocycles. The molecule has 3 aromatic heterocycles. The highest BCUT2D eigenvalue weighted by Crippen LogP contribution is 2.24. The molecule has 144 valence electrons. The first-order valence-corrected chi connectivity index (χ1v) is 10.0. The van der Waals surface area contributed by atoms with Crippen LogP contribution < -0.4 is 0 Å². The van der Waals surface area contributed by atoms with Crippen molar-refractivity contribution >= 4 is 22.2 Å². The van der Waals surface area contributed by atoms with Crippen LogP contribution in [0.4, 0.5) is 4.39 Å². The summed E-state index contributed by atoms with van der Waals surface area (Å²) >= 11 is 1.56. The molecule has 4 aromatic rings. The second-order valence-corrected chi connectivity index (χ2v) is 7.35. The highest BCUT2D eigenvalue weighted by molar-refractivity contribution is 7.15. The molecule has 4 rings (SSSR count). The number of halogens is 1. The van der Waals surface area contributed by atoms with Crippen LogP contribution in [0.1, 0.15) is 24.8 Å². The van der Waals surface area contributed by atoms with E-state index in [4.69, 9.17) is 4.42 Å². The van der Waals surface area contributed by atoms with Crippen molar-refractivity contribution < 1.29 is 13.6 Å². The van der Waals surface area contributed by atoms with Gasteiger partial charge in [0.05, 0.1) is 18.5 Å². The highest BCUT2D eigenvalue weighted by atomic mass is 32.1. The van der Waals surface area contributed by atoms with E-state index in [1.807, 2.05) is 34.6 Å². The van der Waals surface area contributed by atoms with Crippen LogP contribution in [0, 0.1) is 5.82 Å². The smallest absolute Gasteiger partial charge is 0.222 e. The van der Waals surface area contributed by atoms with Crippen LogP contribution in [0.25, 0.3) is 16.2 Å². The standard InChI is InChI=1S/C21H20FN3O2S/c1-2-20(26)24(12-18-4-3-11-27-18)10-9-17-14-28-21-23-19(13-25(17)21)15-5-7-16(22)8-6-15/h3-8,11,13-14H,2,9-10,12H2,1H3. The largest absolute Gasteiger partial charge is 0.467 e. The maximum Gasteiger partial charge on any atom is 0.222 e. The number of thiazole rings is 1. The van der Waals surface area contributed by atoms with Crippen molar-refractivity contribution in [2.24, 2.45) is 0 Å². The van der Waals surface area contributed by atoms with Gasteiger partial charge < -0.3 is 9.32 Å². The molecule has 0 bridgehead atoms. The van der Waals surface area contributed by atoms with Crippen LogP contribution >= 0.6 is 11.3 Å². The number of imidazole rings is 1. The van der Waals surface area contributed by atoms with Crippen LogP contribution in [-0.4, -0.2) is 26.7 Å². The lowest BCUT2D eigenvalue weighted by Gasteiger charge is -2.21. The number of hydrogen-bond acceptors (Lipinski definition) is 4. The van der Waals surface area contributed by atoms with Gasteiger partial charge in [0.1, 0.15) is 11.6 Å². The Kier molecular flexibility index (Phi) is 5.25. The molecule has 0 fully saturated rings. The lowest BCUT2D eigenvalue weighted by Crippen LogP contribution is -2.31. The third-order valence-corrected chi connectivity index (χ3v) is 5.53. The number of furan rings is 1. The average Bonchev–Trinajstić information content (AvgIpc) is 3.43. The van der Waals surface area contributed by atoms with Gasteiger partial charge in [0.25, 0.3) is 0 Å². The topological polar surface area (TPSA) is 50.8 Å². The van der Waals surface area contributed by atoms with E-state index in [1.165, 1.54) is 12.1 Å². The molecule has 0 N–H and O–H groups in total. The van der Waals surface area contributed by atoms with Crippen molar-refractivity contribution in [2.75, 3.05) is 6.54 Å². The number of rotatable bonds is 7. The maximum absolute atomic E-state index is 13.2. The summed E-state index contributed by atoms with van der Waals surface area (Å²) in [5.41, 5.74) is 2.78. The third-order valence-electron chi connectivity index (χ3n) is 4.64. The second-order valence-electron chi connectivity index (χ2n) is 6.51. The minimum atomic E-state index is -0.261. The van der Waals surface area contributed by atoms with Gasteiger partial charge in [-0.1, -0.05) is 6.92 Å². The van der Waals surface area contributed by atoms with Crippen LogP contribution in [0.5, 0.6) is 0 Å². The molecule has 0 aliphatic rings. The quantitative estimate of drug-likeness (QED) is 0.451. The first-order valence-electron chi connectivity index (χ1n) is 9.15. The average molecular weight is 397 g/mol. The van der Waals surface area contributed by atoms with E-state index in [0.717, 1.165) is 27.7 Å². The van der Waals surface area contributed by atoms with Gasteiger partial charge >= 0.3 is 0 Å². The zero-order valence-electron chi connectivity index (χ0n) is 15.5. The molecule has 1 amide bonds. The van der Waals surface area contributed by atoms with E-state index in [-0.39, 0.29) is 11.7 Å². The van der Waals surface area contributed by atoms with Gasteiger partial charge in [-0.25, -0.2) is 9.37 Å². The summed E-state index contributed by atoms with van der Waals surface area (Å²) in [5.74, 6) is 0.613. The normalized spacial score (nSPS) is 11.2. The minimum Gasteiger partial charge on any atom is -0.467 e. The van der Waals surface area contributed by atoms with Gasteiger partial charge in [-0.3, -0.25) is 9.20 Å². The highest BCUT2D eigenvalue weighted by Gasteiger charge is 2.16. The fourth-order valence-electron chi connectivity index (χ4n) is 3.12. The van der Waals surface area contributed by atoms with Crippen molar-refractivity contribution in [3.63, 3.8) is 0 Å². The van der Waals surface area contributed by atoms with E-state index in [9.17, 15) is 9.18 Å². The van der Waals surface area contributed by atoms with Gasteiger partial charge in [0.15, 0.2) is 4.96 Å². The Hall–Kier alpha value is -2.93. The molecular formula is C21H20FN3O2S. The predicted molar refractivity (Wildman–Crippen MR) is 107 cm³/mol. The zero-order valence-corrected chi connectivity index (χ0v) is 16.3. The number of carbonyl (C=O) groups is 1.